The van der Waals surface area contributed by atoms with E-state index in [1.165, 1.54) is 27.4 Å². The van der Waals surface area contributed by atoms with E-state index in [4.69, 9.17) is 14.2 Å². The van der Waals surface area contributed by atoms with Crippen molar-refractivity contribution in [3.8, 4) is 17.2 Å². The number of amides is 1. The number of benzene rings is 2. The zero-order valence-electron chi connectivity index (χ0n) is 15.5. The van der Waals surface area contributed by atoms with Crippen LogP contribution in [0.4, 0.5) is 18.9 Å². The largest absolute Gasteiger partial charge is 0.493 e. The molecule has 0 aliphatic carbocycles. The van der Waals surface area contributed by atoms with Crippen LogP contribution in [0.5, 0.6) is 17.2 Å². The van der Waals surface area contributed by atoms with Crippen molar-refractivity contribution in [1.29, 1.82) is 0 Å². The molecular formula is C19H19F3N2O4. The lowest BCUT2D eigenvalue weighted by atomic mass is 10.0. The highest BCUT2D eigenvalue weighted by Gasteiger charge is 2.42. The van der Waals surface area contributed by atoms with Gasteiger partial charge in [-0.25, -0.2) is 0 Å². The van der Waals surface area contributed by atoms with E-state index in [0.29, 0.717) is 17.0 Å². The lowest BCUT2D eigenvalue weighted by molar-refractivity contribution is -0.144. The van der Waals surface area contributed by atoms with Crippen molar-refractivity contribution in [1.82, 2.24) is 4.90 Å². The summed E-state index contributed by atoms with van der Waals surface area (Å²) in [6, 6.07) is 9.51. The maximum atomic E-state index is 13.2. The fourth-order valence-corrected chi connectivity index (χ4v) is 3.23. The van der Waals surface area contributed by atoms with Crippen molar-refractivity contribution >= 4 is 11.6 Å². The standard InChI is InChI=1S/C19H19F3N2O4/c1-26-14-9-8-12(15(27-2)16(14)28-3)17-23-13-7-5-4-6-11(13)18(25)24(17)10-19(20,21)22/h4-9,17,23H,10H2,1-3H3/t17-/m0/s1. The summed E-state index contributed by atoms with van der Waals surface area (Å²) in [5.74, 6) is 0.0304. The van der Waals surface area contributed by atoms with Crippen molar-refractivity contribution in [2.75, 3.05) is 33.2 Å². The molecule has 0 fully saturated rings. The SMILES string of the molecule is COc1ccc([C@H]2Nc3ccccc3C(=O)N2CC(F)(F)F)c(OC)c1OC. The van der Waals surface area contributed by atoms with Crippen LogP contribution in [-0.4, -0.2) is 44.9 Å². The number of carbonyl (C=O) groups excluding carboxylic acids is 1. The first kappa shape index (κ1) is 19.7. The second-order valence-corrected chi connectivity index (χ2v) is 6.06. The number of nitrogens with zero attached hydrogens (tertiary/aromatic N) is 1. The van der Waals surface area contributed by atoms with Crippen LogP contribution in [-0.2, 0) is 0 Å². The summed E-state index contributed by atoms with van der Waals surface area (Å²) in [4.78, 5) is 13.6. The van der Waals surface area contributed by atoms with Gasteiger partial charge in [0.1, 0.15) is 12.7 Å². The summed E-state index contributed by atoms with van der Waals surface area (Å²) in [5, 5.41) is 3.01. The summed E-state index contributed by atoms with van der Waals surface area (Å²) in [6.07, 6.45) is -5.69. The Morgan fingerprint density at radius 1 is 1.00 bits per heavy atom. The third-order valence-electron chi connectivity index (χ3n) is 4.40. The lowest BCUT2D eigenvalue weighted by Crippen LogP contribution is -2.47. The first-order chi connectivity index (χ1) is 13.3. The molecule has 2 aromatic rings. The van der Waals surface area contributed by atoms with Gasteiger partial charge in [0.2, 0.25) is 5.75 Å². The highest BCUT2D eigenvalue weighted by Crippen LogP contribution is 2.45. The number of rotatable bonds is 5. The molecule has 1 amide bonds. The third kappa shape index (κ3) is 3.51. The lowest BCUT2D eigenvalue weighted by Gasteiger charge is -2.39. The average Bonchev–Trinajstić information content (AvgIpc) is 2.67. The van der Waals surface area contributed by atoms with E-state index in [9.17, 15) is 18.0 Å². The molecule has 1 N–H and O–H groups in total. The van der Waals surface area contributed by atoms with Crippen LogP contribution in [0.3, 0.4) is 0 Å². The molecule has 1 aliphatic heterocycles. The van der Waals surface area contributed by atoms with Gasteiger partial charge in [-0.2, -0.15) is 13.2 Å². The summed E-state index contributed by atoms with van der Waals surface area (Å²) < 4.78 is 55.6. The molecule has 0 aromatic heterocycles. The number of ether oxygens (including phenoxy) is 3. The molecule has 150 valence electrons. The van der Waals surface area contributed by atoms with Crippen molar-refractivity contribution in [3.05, 3.63) is 47.5 Å². The quantitative estimate of drug-likeness (QED) is 0.832. The molecule has 1 aliphatic rings. The smallest absolute Gasteiger partial charge is 0.406 e. The predicted molar refractivity (Wildman–Crippen MR) is 96.0 cm³/mol. The number of nitrogens with one attached hydrogen (secondary N) is 1. The molecule has 0 spiro atoms. The average molecular weight is 396 g/mol. The van der Waals surface area contributed by atoms with E-state index in [1.807, 2.05) is 0 Å². The molecule has 9 heteroatoms. The van der Waals surface area contributed by atoms with Gasteiger partial charge < -0.3 is 24.4 Å². The Bertz CT molecular complexity index is 886. The minimum Gasteiger partial charge on any atom is -0.493 e. The summed E-state index contributed by atoms with van der Waals surface area (Å²) in [5.41, 5.74) is 0.919. The number of methoxy groups -OCH3 is 3. The Labute approximate surface area is 159 Å². The Hall–Kier alpha value is -3.10. The highest BCUT2D eigenvalue weighted by molar-refractivity contribution is 6.01. The van der Waals surface area contributed by atoms with Crippen LogP contribution >= 0.6 is 0 Å². The fourth-order valence-electron chi connectivity index (χ4n) is 3.23. The molecule has 3 rings (SSSR count). The third-order valence-corrected chi connectivity index (χ3v) is 4.40. The van der Waals surface area contributed by atoms with Crippen molar-refractivity contribution in [2.24, 2.45) is 0 Å². The molecule has 28 heavy (non-hydrogen) atoms. The van der Waals surface area contributed by atoms with Crippen LogP contribution < -0.4 is 19.5 Å². The van der Waals surface area contributed by atoms with Gasteiger partial charge in [0.25, 0.3) is 5.91 Å². The monoisotopic (exact) mass is 396 g/mol. The van der Waals surface area contributed by atoms with Crippen molar-refractivity contribution in [2.45, 2.75) is 12.3 Å². The second-order valence-electron chi connectivity index (χ2n) is 6.06. The summed E-state index contributed by atoms with van der Waals surface area (Å²) in [6.45, 7) is -1.42. The van der Waals surface area contributed by atoms with Crippen LogP contribution in [0, 0.1) is 0 Å². The Morgan fingerprint density at radius 3 is 2.29 bits per heavy atom. The number of halogens is 3. The second kappa shape index (κ2) is 7.49. The van der Waals surface area contributed by atoms with Gasteiger partial charge >= 0.3 is 6.18 Å². The van der Waals surface area contributed by atoms with E-state index in [2.05, 4.69) is 5.32 Å². The maximum Gasteiger partial charge on any atom is 0.406 e. The number of carbonyl (C=O) groups is 1. The molecular weight excluding hydrogens is 377 g/mol. The van der Waals surface area contributed by atoms with E-state index >= 15 is 0 Å². The van der Waals surface area contributed by atoms with E-state index in [0.717, 1.165) is 4.90 Å². The number of hydrogen-bond acceptors (Lipinski definition) is 5. The number of para-hydroxylation sites is 1. The van der Waals surface area contributed by atoms with E-state index < -0.39 is 24.8 Å². The van der Waals surface area contributed by atoms with Gasteiger partial charge in [0.15, 0.2) is 11.5 Å². The zero-order chi connectivity index (χ0) is 20.5. The molecule has 2 aromatic carbocycles. The molecule has 0 saturated carbocycles. The fraction of sp³-hybridized carbons (Fsp3) is 0.316. The van der Waals surface area contributed by atoms with Gasteiger partial charge in [-0.1, -0.05) is 12.1 Å². The Morgan fingerprint density at radius 2 is 1.68 bits per heavy atom. The minimum absolute atomic E-state index is 0.169. The molecule has 1 heterocycles. The van der Waals surface area contributed by atoms with Crippen LogP contribution in [0.15, 0.2) is 36.4 Å². The number of anilines is 1. The normalized spacial score (nSPS) is 16.3. The number of alkyl halides is 3. The number of fused-ring (bicyclic) bond motifs is 1. The summed E-state index contributed by atoms with van der Waals surface area (Å²) in [7, 11) is 4.20. The first-order valence-electron chi connectivity index (χ1n) is 8.33. The molecule has 1 atom stereocenters. The van der Waals surface area contributed by atoms with Gasteiger partial charge in [-0.05, 0) is 24.3 Å². The molecule has 0 radical (unpaired) electrons. The topological polar surface area (TPSA) is 60.0 Å². The van der Waals surface area contributed by atoms with E-state index in [-0.39, 0.29) is 17.1 Å². The molecule has 0 saturated heterocycles. The molecule has 0 bridgehead atoms. The highest BCUT2D eigenvalue weighted by atomic mass is 19.4. The Balaban J connectivity index is 2.16. The van der Waals surface area contributed by atoms with Gasteiger partial charge in [-0.3, -0.25) is 4.79 Å². The van der Waals surface area contributed by atoms with Gasteiger partial charge in [0.05, 0.1) is 26.9 Å². The Kier molecular flexibility index (Phi) is 5.26. The zero-order valence-corrected chi connectivity index (χ0v) is 15.5. The van der Waals surface area contributed by atoms with Crippen molar-refractivity contribution in [3.63, 3.8) is 0 Å². The van der Waals surface area contributed by atoms with Crippen LogP contribution in [0.1, 0.15) is 22.1 Å². The maximum absolute atomic E-state index is 13.2. The van der Waals surface area contributed by atoms with Gasteiger partial charge in [0, 0.05) is 11.3 Å². The van der Waals surface area contributed by atoms with Gasteiger partial charge in [-0.15, -0.1) is 0 Å². The first-order valence-corrected chi connectivity index (χ1v) is 8.33. The minimum atomic E-state index is -4.58. The van der Waals surface area contributed by atoms with Crippen LogP contribution in [0.2, 0.25) is 0 Å². The molecule has 0 unspecified atom stereocenters. The summed E-state index contributed by atoms with van der Waals surface area (Å²) >= 11 is 0. The van der Waals surface area contributed by atoms with Crippen molar-refractivity contribution < 1.29 is 32.2 Å². The van der Waals surface area contributed by atoms with E-state index in [1.54, 1.807) is 30.3 Å². The predicted octanol–water partition coefficient (Wildman–Crippen LogP) is 3.84. The number of hydrogen-bond donors (Lipinski definition) is 1. The van der Waals surface area contributed by atoms with Crippen LogP contribution in [0.25, 0.3) is 0 Å². The molecule has 6 nitrogen and oxygen atoms in total.